The highest BCUT2D eigenvalue weighted by Crippen LogP contribution is 2.35. The molecule has 0 aromatic heterocycles. The fraction of sp³-hybridized carbons (Fsp3) is 0.643. The highest BCUT2D eigenvalue weighted by Gasteiger charge is 2.32. The molecule has 1 saturated heterocycles. The van der Waals surface area contributed by atoms with E-state index >= 15 is 0 Å². The summed E-state index contributed by atoms with van der Waals surface area (Å²) < 4.78 is 0. The summed E-state index contributed by atoms with van der Waals surface area (Å²) >= 11 is 0. The summed E-state index contributed by atoms with van der Waals surface area (Å²) in [6.07, 6.45) is 12.4. The quantitative estimate of drug-likeness (QED) is 0.673. The number of fused-ring (bicyclic) bond motifs is 1. The number of carbonyl (C=O) groups excluding carboxylic acids is 1. The van der Waals surface area contributed by atoms with Gasteiger partial charge < -0.3 is 4.90 Å². The first kappa shape index (κ1) is 10.1. The zero-order valence-electron chi connectivity index (χ0n) is 9.74. The molecule has 0 bridgehead atoms. The third kappa shape index (κ3) is 1.70. The first-order valence-electron chi connectivity index (χ1n) is 6.55. The SMILES string of the molecule is O=C1C=C(C2=CCCCC2)N2CCC[C@@H]2C1. The minimum atomic E-state index is 0.338. The van der Waals surface area contributed by atoms with E-state index in [4.69, 9.17) is 0 Å². The van der Waals surface area contributed by atoms with Crippen LogP contribution in [0.2, 0.25) is 0 Å². The first-order valence-corrected chi connectivity index (χ1v) is 6.55. The van der Waals surface area contributed by atoms with Crippen molar-refractivity contribution in [3.05, 3.63) is 23.4 Å². The van der Waals surface area contributed by atoms with Gasteiger partial charge in [-0.25, -0.2) is 0 Å². The van der Waals surface area contributed by atoms with E-state index in [1.807, 2.05) is 6.08 Å². The van der Waals surface area contributed by atoms with Crippen molar-refractivity contribution in [2.24, 2.45) is 0 Å². The predicted molar refractivity (Wildman–Crippen MR) is 64.0 cm³/mol. The van der Waals surface area contributed by atoms with Gasteiger partial charge in [-0.05, 0) is 44.1 Å². The molecule has 3 aliphatic rings. The van der Waals surface area contributed by atoms with Crippen LogP contribution >= 0.6 is 0 Å². The lowest BCUT2D eigenvalue weighted by molar-refractivity contribution is -0.116. The van der Waals surface area contributed by atoms with Crippen LogP contribution in [-0.4, -0.2) is 23.3 Å². The summed E-state index contributed by atoms with van der Waals surface area (Å²) in [5.41, 5.74) is 2.70. The Bertz CT molecular complexity index is 367. The van der Waals surface area contributed by atoms with Gasteiger partial charge in [0.05, 0.1) is 0 Å². The minimum Gasteiger partial charge on any atom is -0.368 e. The molecule has 1 atom stereocenters. The number of carbonyl (C=O) groups is 1. The first-order chi connectivity index (χ1) is 7.84. The lowest BCUT2D eigenvalue weighted by Crippen LogP contribution is -2.35. The predicted octanol–water partition coefficient (Wildman–Crippen LogP) is 2.81. The van der Waals surface area contributed by atoms with Crippen LogP contribution in [0.4, 0.5) is 0 Å². The Morgan fingerprint density at radius 3 is 3.00 bits per heavy atom. The van der Waals surface area contributed by atoms with E-state index in [-0.39, 0.29) is 0 Å². The van der Waals surface area contributed by atoms with Crippen molar-refractivity contribution in [2.45, 2.75) is 51.0 Å². The van der Waals surface area contributed by atoms with Crippen molar-refractivity contribution >= 4 is 5.78 Å². The maximum absolute atomic E-state index is 11.7. The molecule has 0 saturated carbocycles. The number of hydrogen-bond acceptors (Lipinski definition) is 2. The standard InChI is InChI=1S/C14H19NO/c16-13-9-12-7-4-8-15(12)14(10-13)11-5-2-1-3-6-11/h5,10,12H,1-4,6-9H2/t12-/m1/s1. The van der Waals surface area contributed by atoms with Gasteiger partial charge in [0, 0.05) is 30.8 Å². The van der Waals surface area contributed by atoms with Gasteiger partial charge in [-0.3, -0.25) is 4.79 Å². The van der Waals surface area contributed by atoms with E-state index in [9.17, 15) is 4.79 Å². The zero-order chi connectivity index (χ0) is 11.0. The Balaban J connectivity index is 1.91. The highest BCUT2D eigenvalue weighted by atomic mass is 16.1. The molecule has 1 aliphatic carbocycles. The Hall–Kier alpha value is -1.05. The van der Waals surface area contributed by atoms with Crippen LogP contribution in [0.3, 0.4) is 0 Å². The number of nitrogens with zero attached hydrogens (tertiary/aromatic N) is 1. The van der Waals surface area contributed by atoms with E-state index in [0.29, 0.717) is 11.8 Å². The van der Waals surface area contributed by atoms with Crippen molar-refractivity contribution < 1.29 is 4.79 Å². The lowest BCUT2D eigenvalue weighted by atomic mass is 9.92. The summed E-state index contributed by atoms with van der Waals surface area (Å²) in [7, 11) is 0. The van der Waals surface area contributed by atoms with E-state index in [1.54, 1.807) is 0 Å². The van der Waals surface area contributed by atoms with E-state index < -0.39 is 0 Å². The van der Waals surface area contributed by atoms with Crippen LogP contribution in [0.5, 0.6) is 0 Å². The molecular formula is C14H19NO. The molecule has 16 heavy (non-hydrogen) atoms. The van der Waals surface area contributed by atoms with Crippen molar-refractivity contribution in [1.29, 1.82) is 0 Å². The molecule has 2 nitrogen and oxygen atoms in total. The molecule has 0 amide bonds. The second kappa shape index (κ2) is 4.08. The summed E-state index contributed by atoms with van der Waals surface area (Å²) in [5.74, 6) is 0.338. The molecule has 86 valence electrons. The maximum atomic E-state index is 11.7. The third-order valence-electron chi connectivity index (χ3n) is 4.04. The van der Waals surface area contributed by atoms with Gasteiger partial charge >= 0.3 is 0 Å². The summed E-state index contributed by atoms with van der Waals surface area (Å²) in [5, 5.41) is 0. The van der Waals surface area contributed by atoms with Crippen LogP contribution in [0.1, 0.15) is 44.9 Å². The van der Waals surface area contributed by atoms with E-state index in [1.165, 1.54) is 49.8 Å². The molecule has 2 heterocycles. The fourth-order valence-corrected chi connectivity index (χ4v) is 3.24. The summed E-state index contributed by atoms with van der Waals surface area (Å²) in [4.78, 5) is 14.2. The molecule has 1 fully saturated rings. The van der Waals surface area contributed by atoms with Crippen molar-refractivity contribution in [2.75, 3.05) is 6.54 Å². The van der Waals surface area contributed by atoms with Crippen molar-refractivity contribution in [3.63, 3.8) is 0 Å². The average Bonchev–Trinajstić information content (AvgIpc) is 2.77. The summed E-state index contributed by atoms with van der Waals surface area (Å²) in [6, 6.07) is 0.510. The maximum Gasteiger partial charge on any atom is 0.159 e. The van der Waals surface area contributed by atoms with Gasteiger partial charge in [0.2, 0.25) is 0 Å². The van der Waals surface area contributed by atoms with Crippen molar-refractivity contribution in [3.8, 4) is 0 Å². The zero-order valence-corrected chi connectivity index (χ0v) is 9.74. The smallest absolute Gasteiger partial charge is 0.159 e. The molecule has 0 aromatic rings. The normalized spacial score (nSPS) is 29.9. The molecular weight excluding hydrogens is 198 g/mol. The highest BCUT2D eigenvalue weighted by molar-refractivity contribution is 5.92. The van der Waals surface area contributed by atoms with Gasteiger partial charge in [0.25, 0.3) is 0 Å². The molecule has 2 aliphatic heterocycles. The number of rotatable bonds is 1. The number of ketones is 1. The Labute approximate surface area is 97.0 Å². The lowest BCUT2D eigenvalue weighted by Gasteiger charge is -2.34. The molecule has 0 aromatic carbocycles. The van der Waals surface area contributed by atoms with Gasteiger partial charge in [-0.1, -0.05) is 6.08 Å². The largest absolute Gasteiger partial charge is 0.368 e. The van der Waals surface area contributed by atoms with Crippen molar-refractivity contribution in [1.82, 2.24) is 4.90 Å². The monoisotopic (exact) mass is 217 g/mol. The Kier molecular flexibility index (Phi) is 2.58. The van der Waals surface area contributed by atoms with Crippen LogP contribution in [0.15, 0.2) is 23.4 Å². The van der Waals surface area contributed by atoms with E-state index in [0.717, 1.165) is 13.0 Å². The van der Waals surface area contributed by atoms with Crippen LogP contribution in [-0.2, 0) is 4.79 Å². The molecule has 0 radical (unpaired) electrons. The molecule has 2 heteroatoms. The van der Waals surface area contributed by atoms with Gasteiger partial charge in [0.15, 0.2) is 5.78 Å². The fourth-order valence-electron chi connectivity index (χ4n) is 3.24. The van der Waals surface area contributed by atoms with Gasteiger partial charge in [-0.2, -0.15) is 0 Å². The van der Waals surface area contributed by atoms with Crippen LogP contribution in [0, 0.1) is 0 Å². The molecule has 0 spiro atoms. The summed E-state index contributed by atoms with van der Waals surface area (Å²) in [6.45, 7) is 1.15. The molecule has 0 N–H and O–H groups in total. The topological polar surface area (TPSA) is 20.3 Å². The third-order valence-corrected chi connectivity index (χ3v) is 4.04. The van der Waals surface area contributed by atoms with E-state index in [2.05, 4.69) is 11.0 Å². The van der Waals surface area contributed by atoms with Crippen LogP contribution < -0.4 is 0 Å². The van der Waals surface area contributed by atoms with Gasteiger partial charge in [-0.15, -0.1) is 0 Å². The number of hydrogen-bond donors (Lipinski definition) is 0. The Morgan fingerprint density at radius 2 is 2.19 bits per heavy atom. The second-order valence-corrected chi connectivity index (χ2v) is 5.16. The Morgan fingerprint density at radius 1 is 1.25 bits per heavy atom. The number of allylic oxidation sites excluding steroid dienone is 3. The minimum absolute atomic E-state index is 0.338. The molecule has 0 unspecified atom stereocenters. The average molecular weight is 217 g/mol. The molecule has 3 rings (SSSR count). The van der Waals surface area contributed by atoms with Gasteiger partial charge in [0.1, 0.15) is 0 Å². The van der Waals surface area contributed by atoms with Crippen LogP contribution in [0.25, 0.3) is 0 Å². The second-order valence-electron chi connectivity index (χ2n) is 5.16.